The number of nitrogens with one attached hydrogen (secondary N) is 1. The highest BCUT2D eigenvalue weighted by atomic mass is 16.5. The summed E-state index contributed by atoms with van der Waals surface area (Å²) >= 11 is 0. The molecule has 1 aromatic rings. The average molecular weight is 280 g/mol. The van der Waals surface area contributed by atoms with Crippen molar-refractivity contribution in [1.29, 1.82) is 0 Å². The van der Waals surface area contributed by atoms with Crippen LogP contribution in [0.15, 0.2) is 12.4 Å². The molecule has 7 heteroatoms. The molecule has 1 aliphatic rings. The van der Waals surface area contributed by atoms with Crippen molar-refractivity contribution in [3.63, 3.8) is 0 Å². The van der Waals surface area contributed by atoms with Crippen LogP contribution < -0.4 is 5.32 Å². The molecule has 1 fully saturated rings. The number of likely N-dealkylation sites (N-methyl/N-ethyl adjacent to an activating group) is 1. The van der Waals surface area contributed by atoms with Crippen LogP contribution in [0.3, 0.4) is 0 Å². The van der Waals surface area contributed by atoms with Crippen LogP contribution in [-0.4, -0.2) is 58.8 Å². The molecule has 1 saturated heterocycles. The molecule has 1 atom stereocenters. The van der Waals surface area contributed by atoms with E-state index >= 15 is 0 Å². The molecule has 0 bridgehead atoms. The molecule has 0 radical (unpaired) electrons. The molecule has 0 spiro atoms. The summed E-state index contributed by atoms with van der Waals surface area (Å²) in [7, 11) is 1.56. The number of aromatic nitrogens is 2. The van der Waals surface area contributed by atoms with E-state index in [9.17, 15) is 9.59 Å². The van der Waals surface area contributed by atoms with E-state index in [1.165, 1.54) is 0 Å². The Morgan fingerprint density at radius 2 is 2.30 bits per heavy atom. The second-order valence-corrected chi connectivity index (χ2v) is 4.97. The topological polar surface area (TPSA) is 76.5 Å². The minimum Gasteiger partial charge on any atom is -0.362 e. The van der Waals surface area contributed by atoms with Crippen molar-refractivity contribution in [2.75, 3.05) is 26.7 Å². The highest BCUT2D eigenvalue weighted by Crippen LogP contribution is 2.19. The Labute approximate surface area is 117 Å². The number of carbonyl (C=O) groups excluding carboxylic acids is 2. The summed E-state index contributed by atoms with van der Waals surface area (Å²) in [6.07, 6.45) is 3.27. The highest BCUT2D eigenvalue weighted by molar-refractivity contribution is 5.94. The summed E-state index contributed by atoms with van der Waals surface area (Å²) in [5.41, 5.74) is -0.461. The average Bonchev–Trinajstić information content (AvgIpc) is 2.94. The van der Waals surface area contributed by atoms with Gasteiger partial charge >= 0.3 is 0 Å². The Balaban J connectivity index is 2.12. The predicted molar refractivity (Wildman–Crippen MR) is 72.2 cm³/mol. The molecule has 20 heavy (non-hydrogen) atoms. The molecular weight excluding hydrogens is 260 g/mol. The van der Waals surface area contributed by atoms with E-state index in [1.54, 1.807) is 35.9 Å². The minimum atomic E-state index is -0.997. The summed E-state index contributed by atoms with van der Waals surface area (Å²) in [5, 5.41) is 6.67. The first-order valence-corrected chi connectivity index (χ1v) is 6.68. The molecular formula is C13H20N4O3. The molecule has 2 rings (SSSR count). The SMILES string of the molecule is CCn1cc(C(=O)N2CCO[C@@](C)(C(=O)NC)C2)cn1. The molecule has 0 saturated carbocycles. The van der Waals surface area contributed by atoms with Gasteiger partial charge in [-0.3, -0.25) is 14.3 Å². The van der Waals surface area contributed by atoms with Gasteiger partial charge in [0.1, 0.15) is 0 Å². The van der Waals surface area contributed by atoms with Crippen molar-refractivity contribution in [3.05, 3.63) is 18.0 Å². The Hall–Kier alpha value is -1.89. The van der Waals surface area contributed by atoms with Gasteiger partial charge in [0, 0.05) is 26.3 Å². The number of ether oxygens (including phenoxy) is 1. The van der Waals surface area contributed by atoms with Crippen LogP contribution in [0.25, 0.3) is 0 Å². The van der Waals surface area contributed by atoms with E-state index in [4.69, 9.17) is 4.74 Å². The second-order valence-electron chi connectivity index (χ2n) is 4.97. The lowest BCUT2D eigenvalue weighted by Gasteiger charge is -2.38. The third-order valence-electron chi connectivity index (χ3n) is 3.47. The molecule has 0 aliphatic carbocycles. The lowest BCUT2D eigenvalue weighted by atomic mass is 10.0. The quantitative estimate of drug-likeness (QED) is 0.837. The number of carbonyl (C=O) groups is 2. The normalized spacial score (nSPS) is 22.6. The van der Waals surface area contributed by atoms with Crippen molar-refractivity contribution in [2.45, 2.75) is 26.0 Å². The van der Waals surface area contributed by atoms with Gasteiger partial charge in [0.15, 0.2) is 5.60 Å². The van der Waals surface area contributed by atoms with Crippen LogP contribution in [0, 0.1) is 0 Å². The van der Waals surface area contributed by atoms with Gasteiger partial charge in [-0.2, -0.15) is 5.10 Å². The van der Waals surface area contributed by atoms with Crippen LogP contribution in [0.5, 0.6) is 0 Å². The monoisotopic (exact) mass is 280 g/mol. The Morgan fingerprint density at radius 3 is 2.90 bits per heavy atom. The first-order valence-electron chi connectivity index (χ1n) is 6.68. The van der Waals surface area contributed by atoms with Crippen LogP contribution in [0.2, 0.25) is 0 Å². The van der Waals surface area contributed by atoms with E-state index in [2.05, 4.69) is 10.4 Å². The minimum absolute atomic E-state index is 0.122. The van der Waals surface area contributed by atoms with Crippen molar-refractivity contribution in [3.8, 4) is 0 Å². The Morgan fingerprint density at radius 1 is 1.55 bits per heavy atom. The number of morpholine rings is 1. The zero-order chi connectivity index (χ0) is 14.8. The molecule has 110 valence electrons. The van der Waals surface area contributed by atoms with E-state index in [-0.39, 0.29) is 18.4 Å². The maximum atomic E-state index is 12.4. The lowest BCUT2D eigenvalue weighted by molar-refractivity contribution is -0.153. The van der Waals surface area contributed by atoms with Gasteiger partial charge in [-0.05, 0) is 13.8 Å². The fourth-order valence-electron chi connectivity index (χ4n) is 2.27. The molecule has 0 aromatic carbocycles. The highest BCUT2D eigenvalue weighted by Gasteiger charge is 2.40. The maximum Gasteiger partial charge on any atom is 0.257 e. The molecule has 1 N–H and O–H groups in total. The number of aryl methyl sites for hydroxylation is 1. The van der Waals surface area contributed by atoms with Gasteiger partial charge in [-0.1, -0.05) is 0 Å². The molecule has 1 aromatic heterocycles. The van der Waals surface area contributed by atoms with E-state index < -0.39 is 5.60 Å². The van der Waals surface area contributed by atoms with Crippen LogP contribution in [0.1, 0.15) is 24.2 Å². The van der Waals surface area contributed by atoms with E-state index in [0.717, 1.165) is 0 Å². The predicted octanol–water partition coefficient (Wildman–Crippen LogP) is -0.120. The second kappa shape index (κ2) is 5.62. The zero-order valence-corrected chi connectivity index (χ0v) is 12.0. The summed E-state index contributed by atoms with van der Waals surface area (Å²) in [6.45, 7) is 5.43. The first kappa shape index (κ1) is 14.5. The van der Waals surface area contributed by atoms with E-state index in [0.29, 0.717) is 25.3 Å². The Bertz CT molecular complexity index is 513. The van der Waals surface area contributed by atoms with Crippen LogP contribution in [0.4, 0.5) is 0 Å². The van der Waals surface area contributed by atoms with Gasteiger partial charge in [0.2, 0.25) is 0 Å². The molecule has 2 amide bonds. The largest absolute Gasteiger partial charge is 0.362 e. The summed E-state index contributed by atoms with van der Waals surface area (Å²) in [4.78, 5) is 25.9. The van der Waals surface area contributed by atoms with Crippen molar-refractivity contribution in [2.24, 2.45) is 0 Å². The summed E-state index contributed by atoms with van der Waals surface area (Å²) in [5.74, 6) is -0.345. The van der Waals surface area contributed by atoms with Gasteiger partial charge in [0.25, 0.3) is 11.8 Å². The number of amides is 2. The number of hydrogen-bond donors (Lipinski definition) is 1. The molecule has 2 heterocycles. The van der Waals surface area contributed by atoms with Crippen molar-refractivity contribution >= 4 is 11.8 Å². The van der Waals surface area contributed by atoms with E-state index in [1.807, 2.05) is 6.92 Å². The molecule has 1 aliphatic heterocycles. The number of hydrogen-bond acceptors (Lipinski definition) is 4. The first-order chi connectivity index (χ1) is 9.50. The fourth-order valence-corrected chi connectivity index (χ4v) is 2.27. The third-order valence-corrected chi connectivity index (χ3v) is 3.47. The van der Waals surface area contributed by atoms with Crippen LogP contribution in [-0.2, 0) is 16.1 Å². The van der Waals surface area contributed by atoms with Gasteiger partial charge in [-0.25, -0.2) is 0 Å². The number of rotatable bonds is 3. The summed E-state index contributed by atoms with van der Waals surface area (Å²) in [6, 6.07) is 0. The fraction of sp³-hybridized carbons (Fsp3) is 0.615. The molecule has 0 unspecified atom stereocenters. The maximum absolute atomic E-state index is 12.4. The molecule has 7 nitrogen and oxygen atoms in total. The van der Waals surface area contributed by atoms with Gasteiger partial charge in [-0.15, -0.1) is 0 Å². The van der Waals surface area contributed by atoms with Crippen molar-refractivity contribution < 1.29 is 14.3 Å². The summed E-state index contributed by atoms with van der Waals surface area (Å²) < 4.78 is 7.23. The standard InChI is InChI=1S/C13H20N4O3/c1-4-17-8-10(7-15-17)11(18)16-5-6-20-13(2,9-16)12(19)14-3/h7-8H,4-6,9H2,1-3H3,(H,14,19)/t13-/m1/s1. The number of nitrogens with zero attached hydrogens (tertiary/aromatic N) is 3. The zero-order valence-electron chi connectivity index (χ0n) is 12.0. The lowest BCUT2D eigenvalue weighted by Crippen LogP contribution is -2.58. The third kappa shape index (κ3) is 2.67. The smallest absolute Gasteiger partial charge is 0.257 e. The van der Waals surface area contributed by atoms with Crippen molar-refractivity contribution in [1.82, 2.24) is 20.0 Å². The van der Waals surface area contributed by atoms with Gasteiger partial charge in [0.05, 0.1) is 24.9 Å². The Kier molecular flexibility index (Phi) is 4.08. The van der Waals surface area contributed by atoms with Gasteiger partial charge < -0.3 is 15.0 Å². The van der Waals surface area contributed by atoms with Crippen LogP contribution >= 0.6 is 0 Å².